The standard InChI is InChI=1S/C14H19NO4S/c1-10-7-8-15(12(9-10)14(16)17)20(18,19)13-6-4-3-5-11(13)2/h3-6,10,12H,7-9H2,1-2H3,(H,16,17). The zero-order valence-corrected chi connectivity index (χ0v) is 12.4. The Morgan fingerprint density at radius 3 is 2.60 bits per heavy atom. The van der Waals surface area contributed by atoms with Crippen molar-refractivity contribution >= 4 is 16.0 Å². The average Bonchev–Trinajstić information content (AvgIpc) is 2.38. The lowest BCUT2D eigenvalue weighted by molar-refractivity contribution is -0.143. The summed E-state index contributed by atoms with van der Waals surface area (Å²) in [5, 5.41) is 9.30. The van der Waals surface area contributed by atoms with Gasteiger partial charge in [0.15, 0.2) is 0 Å². The molecule has 20 heavy (non-hydrogen) atoms. The van der Waals surface area contributed by atoms with E-state index < -0.39 is 22.0 Å². The monoisotopic (exact) mass is 297 g/mol. The molecule has 2 unspecified atom stereocenters. The predicted octanol–water partition coefficient (Wildman–Crippen LogP) is 1.87. The van der Waals surface area contributed by atoms with Crippen LogP contribution in [0.5, 0.6) is 0 Å². The van der Waals surface area contributed by atoms with Gasteiger partial charge < -0.3 is 5.11 Å². The van der Waals surface area contributed by atoms with Gasteiger partial charge in [-0.2, -0.15) is 4.31 Å². The van der Waals surface area contributed by atoms with Gasteiger partial charge in [0.2, 0.25) is 10.0 Å². The van der Waals surface area contributed by atoms with Crippen molar-refractivity contribution in [3.8, 4) is 0 Å². The van der Waals surface area contributed by atoms with E-state index in [9.17, 15) is 18.3 Å². The molecule has 1 aliphatic heterocycles. The van der Waals surface area contributed by atoms with Crippen LogP contribution in [-0.4, -0.2) is 36.4 Å². The number of carboxylic acid groups (broad SMARTS) is 1. The SMILES string of the molecule is Cc1ccccc1S(=O)(=O)N1CCC(C)CC1C(=O)O. The number of aryl methyl sites for hydroxylation is 1. The van der Waals surface area contributed by atoms with Crippen molar-refractivity contribution in [1.82, 2.24) is 4.31 Å². The third-order valence-corrected chi connectivity index (χ3v) is 5.85. The van der Waals surface area contributed by atoms with Crippen LogP contribution in [-0.2, 0) is 14.8 Å². The summed E-state index contributed by atoms with van der Waals surface area (Å²) in [6, 6.07) is 5.70. The first-order chi connectivity index (χ1) is 9.34. The van der Waals surface area contributed by atoms with E-state index in [1.165, 1.54) is 6.07 Å². The van der Waals surface area contributed by atoms with E-state index >= 15 is 0 Å². The van der Waals surface area contributed by atoms with Crippen LogP contribution in [0.2, 0.25) is 0 Å². The molecule has 2 atom stereocenters. The summed E-state index contributed by atoms with van der Waals surface area (Å²) in [4.78, 5) is 11.6. The molecular weight excluding hydrogens is 278 g/mol. The summed E-state index contributed by atoms with van der Waals surface area (Å²) >= 11 is 0. The van der Waals surface area contributed by atoms with Crippen molar-refractivity contribution < 1.29 is 18.3 Å². The highest BCUT2D eigenvalue weighted by molar-refractivity contribution is 7.89. The van der Waals surface area contributed by atoms with Gasteiger partial charge in [0.05, 0.1) is 4.90 Å². The van der Waals surface area contributed by atoms with E-state index in [1.54, 1.807) is 25.1 Å². The fourth-order valence-corrected chi connectivity index (χ4v) is 4.44. The van der Waals surface area contributed by atoms with Crippen molar-refractivity contribution in [1.29, 1.82) is 0 Å². The van der Waals surface area contributed by atoms with Gasteiger partial charge in [0.25, 0.3) is 0 Å². The van der Waals surface area contributed by atoms with Gasteiger partial charge in [-0.3, -0.25) is 4.79 Å². The first kappa shape index (κ1) is 15.0. The molecule has 1 aliphatic rings. The van der Waals surface area contributed by atoms with Gasteiger partial charge in [-0.1, -0.05) is 25.1 Å². The molecule has 110 valence electrons. The van der Waals surface area contributed by atoms with E-state index in [0.717, 1.165) is 4.31 Å². The minimum absolute atomic E-state index is 0.195. The molecule has 0 spiro atoms. The van der Waals surface area contributed by atoms with Gasteiger partial charge >= 0.3 is 5.97 Å². The number of hydrogen-bond donors (Lipinski definition) is 1. The Morgan fingerprint density at radius 1 is 1.35 bits per heavy atom. The normalized spacial score (nSPS) is 24.5. The second-order valence-electron chi connectivity index (χ2n) is 5.36. The summed E-state index contributed by atoms with van der Waals surface area (Å²) in [5.74, 6) is -0.854. The minimum atomic E-state index is -3.76. The van der Waals surface area contributed by atoms with Crippen LogP contribution in [0.3, 0.4) is 0 Å². The molecule has 2 rings (SSSR count). The van der Waals surface area contributed by atoms with Crippen LogP contribution >= 0.6 is 0 Å². The molecule has 6 heteroatoms. The van der Waals surface area contributed by atoms with Crippen molar-refractivity contribution in [2.24, 2.45) is 5.92 Å². The Hall–Kier alpha value is -1.40. The average molecular weight is 297 g/mol. The fraction of sp³-hybridized carbons (Fsp3) is 0.500. The smallest absolute Gasteiger partial charge is 0.322 e. The molecule has 0 saturated carbocycles. The van der Waals surface area contributed by atoms with E-state index in [2.05, 4.69) is 0 Å². The lowest BCUT2D eigenvalue weighted by Crippen LogP contribution is -2.49. The largest absolute Gasteiger partial charge is 0.480 e. The number of carbonyl (C=O) groups is 1. The van der Waals surface area contributed by atoms with Crippen LogP contribution < -0.4 is 0 Å². The molecule has 5 nitrogen and oxygen atoms in total. The van der Waals surface area contributed by atoms with Crippen molar-refractivity contribution in [3.63, 3.8) is 0 Å². The van der Waals surface area contributed by atoms with Crippen molar-refractivity contribution in [2.45, 2.75) is 37.6 Å². The number of carboxylic acids is 1. The molecule has 0 aromatic heterocycles. The summed E-state index contributed by atoms with van der Waals surface area (Å²) in [5.41, 5.74) is 0.635. The zero-order valence-electron chi connectivity index (χ0n) is 11.6. The molecule has 0 bridgehead atoms. The Balaban J connectivity index is 2.42. The summed E-state index contributed by atoms with van der Waals surface area (Å²) in [6.07, 6.45) is 1.05. The molecule has 1 aromatic carbocycles. The lowest BCUT2D eigenvalue weighted by Gasteiger charge is -2.35. The number of hydrogen-bond acceptors (Lipinski definition) is 3. The molecule has 1 N–H and O–H groups in total. The van der Waals surface area contributed by atoms with Gasteiger partial charge in [-0.25, -0.2) is 8.42 Å². The second-order valence-corrected chi connectivity index (χ2v) is 7.22. The van der Waals surface area contributed by atoms with Gasteiger partial charge in [0, 0.05) is 6.54 Å². The summed E-state index contributed by atoms with van der Waals surface area (Å²) in [7, 11) is -3.76. The molecule has 0 radical (unpaired) electrons. The van der Waals surface area contributed by atoms with E-state index in [1.807, 2.05) is 6.92 Å². The number of benzene rings is 1. The number of nitrogens with zero attached hydrogens (tertiary/aromatic N) is 1. The number of rotatable bonds is 3. The highest BCUT2D eigenvalue weighted by Gasteiger charge is 2.40. The van der Waals surface area contributed by atoms with Crippen molar-refractivity contribution in [2.75, 3.05) is 6.54 Å². The topological polar surface area (TPSA) is 74.7 Å². The highest BCUT2D eigenvalue weighted by Crippen LogP contribution is 2.29. The van der Waals surface area contributed by atoms with Crippen LogP contribution in [0, 0.1) is 12.8 Å². The van der Waals surface area contributed by atoms with E-state index in [4.69, 9.17) is 0 Å². The maximum atomic E-state index is 12.7. The van der Waals surface area contributed by atoms with Gasteiger partial charge in [-0.05, 0) is 37.3 Å². The van der Waals surface area contributed by atoms with Gasteiger partial charge in [-0.15, -0.1) is 0 Å². The summed E-state index contributed by atoms with van der Waals surface area (Å²) < 4.78 is 26.5. The molecule has 0 aliphatic carbocycles. The lowest BCUT2D eigenvalue weighted by atomic mass is 9.94. The Bertz CT molecular complexity index is 611. The van der Waals surface area contributed by atoms with Crippen LogP contribution in [0.15, 0.2) is 29.2 Å². The third kappa shape index (κ3) is 2.71. The first-order valence-corrected chi connectivity index (χ1v) is 8.08. The molecule has 1 fully saturated rings. The number of piperidine rings is 1. The zero-order chi connectivity index (χ0) is 14.9. The molecule has 1 aromatic rings. The third-order valence-electron chi connectivity index (χ3n) is 3.78. The molecule has 1 heterocycles. The molecular formula is C14H19NO4S. The van der Waals surface area contributed by atoms with Crippen LogP contribution in [0.1, 0.15) is 25.3 Å². The molecule has 0 amide bonds. The maximum Gasteiger partial charge on any atom is 0.322 e. The maximum absolute atomic E-state index is 12.7. The fourth-order valence-electron chi connectivity index (χ4n) is 2.60. The Kier molecular flexibility index (Phi) is 4.15. The van der Waals surface area contributed by atoms with E-state index in [-0.39, 0.29) is 17.4 Å². The number of sulfonamides is 1. The first-order valence-electron chi connectivity index (χ1n) is 6.64. The van der Waals surface area contributed by atoms with Crippen LogP contribution in [0.4, 0.5) is 0 Å². The van der Waals surface area contributed by atoms with Gasteiger partial charge in [0.1, 0.15) is 6.04 Å². The number of aliphatic carboxylic acids is 1. The predicted molar refractivity (Wildman–Crippen MR) is 74.9 cm³/mol. The summed E-state index contributed by atoms with van der Waals surface area (Å²) in [6.45, 7) is 3.93. The van der Waals surface area contributed by atoms with Crippen molar-refractivity contribution in [3.05, 3.63) is 29.8 Å². The quantitative estimate of drug-likeness (QED) is 0.924. The van der Waals surface area contributed by atoms with E-state index in [0.29, 0.717) is 18.4 Å². The molecule has 1 saturated heterocycles. The highest BCUT2D eigenvalue weighted by atomic mass is 32.2. The Morgan fingerprint density at radius 2 is 2.00 bits per heavy atom. The minimum Gasteiger partial charge on any atom is -0.480 e. The Labute approximate surface area is 119 Å². The van der Waals surface area contributed by atoms with Crippen LogP contribution in [0.25, 0.3) is 0 Å². The second kappa shape index (κ2) is 5.54.